The van der Waals surface area contributed by atoms with E-state index in [2.05, 4.69) is 31.0 Å². The lowest BCUT2D eigenvalue weighted by atomic mass is 9.75. The van der Waals surface area contributed by atoms with Gasteiger partial charge < -0.3 is 5.32 Å². The van der Waals surface area contributed by atoms with Gasteiger partial charge >= 0.3 is 0 Å². The maximum atomic E-state index is 3.94. The van der Waals surface area contributed by atoms with E-state index in [1.807, 2.05) is 0 Å². The first-order valence-electron chi connectivity index (χ1n) is 8.20. The fourth-order valence-corrected chi connectivity index (χ4v) is 4.07. The smallest absolute Gasteiger partial charge is 0.0334 e. The maximum Gasteiger partial charge on any atom is 0.0334 e. The second-order valence-corrected chi connectivity index (χ2v) is 6.55. The molecule has 2 nitrogen and oxygen atoms in total. The van der Waals surface area contributed by atoms with Crippen molar-refractivity contribution in [3.63, 3.8) is 0 Å². The van der Waals surface area contributed by atoms with Crippen LogP contribution >= 0.6 is 0 Å². The Balaban J connectivity index is 2.13. The molecule has 1 heterocycles. The molecule has 0 atom stereocenters. The molecule has 0 aromatic carbocycles. The third kappa shape index (κ3) is 2.60. The van der Waals surface area contributed by atoms with E-state index in [1.165, 1.54) is 71.0 Å². The van der Waals surface area contributed by atoms with Crippen molar-refractivity contribution < 1.29 is 0 Å². The second kappa shape index (κ2) is 5.92. The molecule has 106 valence electrons. The van der Waals surface area contributed by atoms with E-state index in [9.17, 15) is 0 Å². The monoisotopic (exact) mass is 252 g/mol. The zero-order valence-corrected chi connectivity index (χ0v) is 12.7. The Bertz CT molecular complexity index is 252. The highest BCUT2D eigenvalue weighted by atomic mass is 15.3. The Kier molecular flexibility index (Phi) is 4.71. The quantitative estimate of drug-likeness (QED) is 0.823. The van der Waals surface area contributed by atoms with Crippen molar-refractivity contribution in [2.45, 2.75) is 83.2 Å². The van der Waals surface area contributed by atoms with Crippen LogP contribution in [-0.4, -0.2) is 35.6 Å². The van der Waals surface area contributed by atoms with Crippen LogP contribution in [0.2, 0.25) is 0 Å². The topological polar surface area (TPSA) is 15.3 Å². The highest BCUT2D eigenvalue weighted by molar-refractivity contribution is 5.05. The third-order valence-electron chi connectivity index (χ3n) is 5.59. The largest absolute Gasteiger partial charge is 0.308 e. The first-order valence-corrected chi connectivity index (χ1v) is 8.20. The van der Waals surface area contributed by atoms with Gasteiger partial charge in [-0.2, -0.15) is 0 Å². The molecule has 2 fully saturated rings. The lowest BCUT2D eigenvalue weighted by Gasteiger charge is -2.56. The summed E-state index contributed by atoms with van der Waals surface area (Å²) >= 11 is 0. The normalized spacial score (nSPS) is 27.5. The molecule has 0 amide bonds. The minimum Gasteiger partial charge on any atom is -0.308 e. The lowest BCUT2D eigenvalue weighted by molar-refractivity contribution is -0.0215. The summed E-state index contributed by atoms with van der Waals surface area (Å²) in [6.07, 6.45) is 11.0. The number of rotatable bonds is 4. The Morgan fingerprint density at radius 3 is 2.22 bits per heavy atom. The molecule has 0 bridgehead atoms. The number of nitrogens with zero attached hydrogens (tertiary/aromatic N) is 1. The van der Waals surface area contributed by atoms with Gasteiger partial charge in [-0.3, -0.25) is 4.90 Å². The molecular weight excluding hydrogens is 220 g/mol. The van der Waals surface area contributed by atoms with Gasteiger partial charge in [-0.05, 0) is 38.6 Å². The summed E-state index contributed by atoms with van der Waals surface area (Å²) in [7, 11) is 0. The van der Waals surface area contributed by atoms with Crippen molar-refractivity contribution in [1.82, 2.24) is 10.2 Å². The Labute approximate surface area is 114 Å². The van der Waals surface area contributed by atoms with Crippen LogP contribution in [0.3, 0.4) is 0 Å². The third-order valence-corrected chi connectivity index (χ3v) is 5.59. The van der Waals surface area contributed by atoms with Crippen LogP contribution in [0.1, 0.15) is 72.1 Å². The van der Waals surface area contributed by atoms with Gasteiger partial charge in [-0.15, -0.1) is 0 Å². The van der Waals surface area contributed by atoms with E-state index < -0.39 is 0 Å². The highest BCUT2D eigenvalue weighted by Gasteiger charge is 2.45. The van der Waals surface area contributed by atoms with Crippen molar-refractivity contribution in [2.75, 3.05) is 19.6 Å². The average Bonchev–Trinajstić information content (AvgIpc) is 2.43. The molecule has 2 rings (SSSR count). The number of hydrogen-bond acceptors (Lipinski definition) is 2. The molecule has 1 saturated heterocycles. The van der Waals surface area contributed by atoms with E-state index >= 15 is 0 Å². The van der Waals surface area contributed by atoms with Crippen LogP contribution in [0.25, 0.3) is 0 Å². The predicted octanol–water partition coefficient (Wildman–Crippen LogP) is 3.56. The van der Waals surface area contributed by atoms with Crippen LogP contribution in [0.5, 0.6) is 0 Å². The SMILES string of the molecule is CCCN1CC(CC)(CC)NCC12CCCCC2. The summed E-state index contributed by atoms with van der Waals surface area (Å²) in [6, 6.07) is 0. The molecule has 2 aliphatic rings. The van der Waals surface area contributed by atoms with E-state index in [0.29, 0.717) is 11.1 Å². The molecule has 0 radical (unpaired) electrons. The molecule has 1 aliphatic carbocycles. The van der Waals surface area contributed by atoms with Crippen molar-refractivity contribution >= 4 is 0 Å². The van der Waals surface area contributed by atoms with Crippen LogP contribution in [0, 0.1) is 0 Å². The summed E-state index contributed by atoms with van der Waals surface area (Å²) in [5.74, 6) is 0. The number of hydrogen-bond donors (Lipinski definition) is 1. The van der Waals surface area contributed by atoms with Gasteiger partial charge in [-0.25, -0.2) is 0 Å². The number of piperazine rings is 1. The van der Waals surface area contributed by atoms with Gasteiger partial charge in [0.05, 0.1) is 0 Å². The van der Waals surface area contributed by atoms with Gasteiger partial charge in [-0.1, -0.05) is 40.0 Å². The minimum absolute atomic E-state index is 0.387. The Morgan fingerprint density at radius 1 is 1.00 bits per heavy atom. The zero-order valence-electron chi connectivity index (χ0n) is 12.7. The summed E-state index contributed by atoms with van der Waals surface area (Å²) < 4.78 is 0. The lowest BCUT2D eigenvalue weighted by Crippen LogP contribution is -2.70. The average molecular weight is 252 g/mol. The molecule has 18 heavy (non-hydrogen) atoms. The van der Waals surface area contributed by atoms with Gasteiger partial charge in [0, 0.05) is 24.2 Å². The first-order chi connectivity index (χ1) is 8.70. The van der Waals surface area contributed by atoms with Crippen LogP contribution in [-0.2, 0) is 0 Å². The second-order valence-electron chi connectivity index (χ2n) is 6.55. The first kappa shape index (κ1) is 14.3. The molecule has 2 heteroatoms. The van der Waals surface area contributed by atoms with Gasteiger partial charge in [0.25, 0.3) is 0 Å². The van der Waals surface area contributed by atoms with Crippen molar-refractivity contribution in [1.29, 1.82) is 0 Å². The van der Waals surface area contributed by atoms with Crippen molar-refractivity contribution in [2.24, 2.45) is 0 Å². The molecule has 0 aromatic rings. The number of nitrogens with one attached hydrogen (secondary N) is 1. The molecule has 1 saturated carbocycles. The van der Waals surface area contributed by atoms with Gasteiger partial charge in [0.2, 0.25) is 0 Å². The van der Waals surface area contributed by atoms with E-state index in [-0.39, 0.29) is 0 Å². The van der Waals surface area contributed by atoms with Gasteiger partial charge in [0.15, 0.2) is 0 Å². The Hall–Kier alpha value is -0.0800. The molecule has 1 spiro atoms. The van der Waals surface area contributed by atoms with Crippen molar-refractivity contribution in [3.8, 4) is 0 Å². The molecule has 1 N–H and O–H groups in total. The minimum atomic E-state index is 0.387. The molecular formula is C16H32N2. The van der Waals surface area contributed by atoms with Gasteiger partial charge in [0.1, 0.15) is 0 Å². The Morgan fingerprint density at radius 2 is 1.67 bits per heavy atom. The zero-order chi connectivity index (χ0) is 13.1. The van der Waals surface area contributed by atoms with Crippen molar-refractivity contribution in [3.05, 3.63) is 0 Å². The molecule has 1 aliphatic heterocycles. The highest BCUT2D eigenvalue weighted by Crippen LogP contribution is 2.38. The summed E-state index contributed by atoms with van der Waals surface area (Å²) in [6.45, 7) is 10.8. The van der Waals surface area contributed by atoms with E-state index in [0.717, 1.165) is 0 Å². The standard InChI is InChI=1S/C16H32N2/c1-4-12-18-14-15(5-2,6-3)17-13-16(18)10-8-7-9-11-16/h17H,4-14H2,1-3H3. The fourth-order valence-electron chi connectivity index (χ4n) is 4.07. The maximum absolute atomic E-state index is 3.94. The summed E-state index contributed by atoms with van der Waals surface area (Å²) in [4.78, 5) is 2.86. The summed E-state index contributed by atoms with van der Waals surface area (Å²) in [5.41, 5.74) is 0.889. The van der Waals surface area contributed by atoms with Crippen LogP contribution < -0.4 is 5.32 Å². The van der Waals surface area contributed by atoms with Crippen LogP contribution in [0.15, 0.2) is 0 Å². The molecule has 0 aromatic heterocycles. The summed E-state index contributed by atoms with van der Waals surface area (Å²) in [5, 5.41) is 3.94. The fraction of sp³-hybridized carbons (Fsp3) is 1.00. The van der Waals surface area contributed by atoms with E-state index in [1.54, 1.807) is 0 Å². The van der Waals surface area contributed by atoms with Crippen LogP contribution in [0.4, 0.5) is 0 Å². The predicted molar refractivity (Wildman–Crippen MR) is 79.0 cm³/mol. The molecule has 0 unspecified atom stereocenters. The van der Waals surface area contributed by atoms with E-state index in [4.69, 9.17) is 0 Å².